The fourth-order valence-electron chi connectivity index (χ4n) is 3.11. The SMILES string of the molecule is CC1CCC2=CC(=O)CCC2(C)C1C. The van der Waals surface area contributed by atoms with Gasteiger partial charge in [-0.3, -0.25) is 4.79 Å². The molecular formula is C13H20O. The van der Waals surface area contributed by atoms with Crippen molar-refractivity contribution >= 4 is 5.78 Å². The Morgan fingerprint density at radius 3 is 2.79 bits per heavy atom. The van der Waals surface area contributed by atoms with Gasteiger partial charge in [0.15, 0.2) is 5.78 Å². The van der Waals surface area contributed by atoms with Crippen LogP contribution >= 0.6 is 0 Å². The third kappa shape index (κ3) is 1.34. The summed E-state index contributed by atoms with van der Waals surface area (Å²) in [6.45, 7) is 7.06. The number of carbonyl (C=O) groups is 1. The lowest BCUT2D eigenvalue weighted by atomic mass is 9.57. The first-order valence-corrected chi connectivity index (χ1v) is 5.78. The molecule has 1 fully saturated rings. The summed E-state index contributed by atoms with van der Waals surface area (Å²) in [7, 11) is 0. The summed E-state index contributed by atoms with van der Waals surface area (Å²) >= 11 is 0. The zero-order valence-corrected chi connectivity index (χ0v) is 9.47. The van der Waals surface area contributed by atoms with Crippen molar-refractivity contribution < 1.29 is 4.79 Å². The molecule has 3 unspecified atom stereocenters. The summed E-state index contributed by atoms with van der Waals surface area (Å²) in [5.74, 6) is 1.89. The topological polar surface area (TPSA) is 17.1 Å². The molecule has 1 saturated carbocycles. The number of hydrogen-bond donors (Lipinski definition) is 0. The predicted molar refractivity (Wildman–Crippen MR) is 58.0 cm³/mol. The molecule has 0 radical (unpaired) electrons. The van der Waals surface area contributed by atoms with E-state index in [9.17, 15) is 4.79 Å². The van der Waals surface area contributed by atoms with Gasteiger partial charge >= 0.3 is 0 Å². The standard InChI is InChI=1S/C13H20O/c1-9-4-5-11-8-12(14)6-7-13(11,3)10(9)2/h8-10H,4-7H2,1-3H3. The summed E-state index contributed by atoms with van der Waals surface area (Å²) < 4.78 is 0. The molecule has 1 nitrogen and oxygen atoms in total. The maximum atomic E-state index is 11.4. The monoisotopic (exact) mass is 192 g/mol. The van der Waals surface area contributed by atoms with Gasteiger partial charge in [0.05, 0.1) is 0 Å². The van der Waals surface area contributed by atoms with Crippen LogP contribution in [0.15, 0.2) is 11.6 Å². The molecule has 0 aliphatic heterocycles. The minimum absolute atomic E-state index is 0.325. The van der Waals surface area contributed by atoms with Gasteiger partial charge in [-0.05, 0) is 42.6 Å². The molecule has 1 heteroatoms. The summed E-state index contributed by atoms with van der Waals surface area (Å²) in [6.07, 6.45) is 6.18. The Morgan fingerprint density at radius 1 is 1.36 bits per heavy atom. The molecule has 2 aliphatic carbocycles. The fraction of sp³-hybridized carbons (Fsp3) is 0.769. The smallest absolute Gasteiger partial charge is 0.155 e. The van der Waals surface area contributed by atoms with Crippen molar-refractivity contribution in [3.8, 4) is 0 Å². The Morgan fingerprint density at radius 2 is 2.07 bits per heavy atom. The molecule has 3 atom stereocenters. The number of carbonyl (C=O) groups excluding carboxylic acids is 1. The molecular weight excluding hydrogens is 172 g/mol. The molecule has 0 N–H and O–H groups in total. The van der Waals surface area contributed by atoms with Crippen LogP contribution in [0, 0.1) is 17.3 Å². The third-order valence-electron chi connectivity index (χ3n) is 4.69. The van der Waals surface area contributed by atoms with Crippen LogP contribution in [0.4, 0.5) is 0 Å². The molecule has 14 heavy (non-hydrogen) atoms. The lowest BCUT2D eigenvalue weighted by molar-refractivity contribution is -0.116. The average molecular weight is 192 g/mol. The van der Waals surface area contributed by atoms with E-state index in [1.54, 1.807) is 0 Å². The number of hydrogen-bond acceptors (Lipinski definition) is 1. The van der Waals surface area contributed by atoms with Crippen LogP contribution in [-0.4, -0.2) is 5.78 Å². The van der Waals surface area contributed by atoms with Gasteiger partial charge in [-0.25, -0.2) is 0 Å². The van der Waals surface area contributed by atoms with Crippen molar-refractivity contribution in [3.05, 3.63) is 11.6 Å². The van der Waals surface area contributed by atoms with E-state index in [4.69, 9.17) is 0 Å². The highest BCUT2D eigenvalue weighted by molar-refractivity contribution is 5.91. The van der Waals surface area contributed by atoms with Crippen molar-refractivity contribution in [3.63, 3.8) is 0 Å². The fourth-order valence-corrected chi connectivity index (χ4v) is 3.11. The van der Waals surface area contributed by atoms with Gasteiger partial charge in [0, 0.05) is 6.42 Å². The molecule has 78 valence electrons. The zero-order chi connectivity index (χ0) is 10.3. The molecule has 0 bridgehead atoms. The van der Waals surface area contributed by atoms with Gasteiger partial charge in [-0.2, -0.15) is 0 Å². The number of rotatable bonds is 0. The summed E-state index contributed by atoms with van der Waals surface area (Å²) in [6, 6.07) is 0. The normalized spacial score (nSPS) is 43.1. The minimum atomic E-state index is 0.325. The molecule has 0 saturated heterocycles. The summed E-state index contributed by atoms with van der Waals surface area (Å²) in [5, 5.41) is 0. The maximum absolute atomic E-state index is 11.4. The lowest BCUT2D eigenvalue weighted by Crippen LogP contribution is -2.38. The van der Waals surface area contributed by atoms with Crippen molar-refractivity contribution in [1.29, 1.82) is 0 Å². The van der Waals surface area contributed by atoms with E-state index >= 15 is 0 Å². The van der Waals surface area contributed by atoms with E-state index in [1.807, 2.05) is 6.08 Å². The van der Waals surface area contributed by atoms with Gasteiger partial charge < -0.3 is 0 Å². The zero-order valence-electron chi connectivity index (χ0n) is 9.47. The first-order valence-electron chi connectivity index (χ1n) is 5.78. The number of allylic oxidation sites excluding steroid dienone is 2. The van der Waals surface area contributed by atoms with Crippen LogP contribution in [0.5, 0.6) is 0 Å². The number of fused-ring (bicyclic) bond motifs is 1. The Kier molecular flexibility index (Phi) is 2.29. The second-order valence-electron chi connectivity index (χ2n) is 5.36. The highest BCUT2D eigenvalue weighted by atomic mass is 16.1. The van der Waals surface area contributed by atoms with Crippen molar-refractivity contribution in [2.24, 2.45) is 17.3 Å². The predicted octanol–water partition coefficient (Wildman–Crippen LogP) is 3.35. The van der Waals surface area contributed by atoms with E-state index in [2.05, 4.69) is 20.8 Å². The van der Waals surface area contributed by atoms with Crippen molar-refractivity contribution in [2.45, 2.75) is 46.5 Å². The second-order valence-corrected chi connectivity index (χ2v) is 5.36. The lowest BCUT2D eigenvalue weighted by Gasteiger charge is -2.47. The van der Waals surface area contributed by atoms with Gasteiger partial charge in [-0.1, -0.05) is 26.3 Å². The van der Waals surface area contributed by atoms with Crippen molar-refractivity contribution in [2.75, 3.05) is 0 Å². The van der Waals surface area contributed by atoms with Crippen LogP contribution < -0.4 is 0 Å². The van der Waals surface area contributed by atoms with E-state index < -0.39 is 0 Å². The molecule has 0 aromatic rings. The van der Waals surface area contributed by atoms with Gasteiger partial charge in [-0.15, -0.1) is 0 Å². The number of ketones is 1. The Balaban J connectivity index is 2.34. The molecule has 0 heterocycles. The molecule has 0 aromatic heterocycles. The molecule has 0 amide bonds. The quantitative estimate of drug-likeness (QED) is 0.575. The van der Waals surface area contributed by atoms with Gasteiger partial charge in [0.2, 0.25) is 0 Å². The molecule has 2 aliphatic rings. The molecule has 0 aromatic carbocycles. The Bertz CT molecular complexity index is 290. The Labute approximate surface area is 86.6 Å². The van der Waals surface area contributed by atoms with Crippen LogP contribution in [-0.2, 0) is 4.79 Å². The average Bonchev–Trinajstić information content (AvgIpc) is 2.16. The highest BCUT2D eigenvalue weighted by Gasteiger charge is 2.42. The highest BCUT2D eigenvalue weighted by Crippen LogP contribution is 2.51. The van der Waals surface area contributed by atoms with Crippen LogP contribution in [0.25, 0.3) is 0 Å². The van der Waals surface area contributed by atoms with E-state index in [-0.39, 0.29) is 0 Å². The van der Waals surface area contributed by atoms with E-state index in [0.29, 0.717) is 11.2 Å². The van der Waals surface area contributed by atoms with Gasteiger partial charge in [0.1, 0.15) is 0 Å². The van der Waals surface area contributed by atoms with E-state index in [1.165, 1.54) is 12.0 Å². The van der Waals surface area contributed by atoms with Crippen LogP contribution in [0.2, 0.25) is 0 Å². The first kappa shape index (κ1) is 9.95. The van der Waals surface area contributed by atoms with Gasteiger partial charge in [0.25, 0.3) is 0 Å². The molecule has 0 spiro atoms. The summed E-state index contributed by atoms with van der Waals surface area (Å²) in [4.78, 5) is 11.4. The molecule has 2 rings (SSSR count). The van der Waals surface area contributed by atoms with Crippen LogP contribution in [0.1, 0.15) is 46.5 Å². The minimum Gasteiger partial charge on any atom is -0.295 e. The largest absolute Gasteiger partial charge is 0.295 e. The maximum Gasteiger partial charge on any atom is 0.155 e. The first-order chi connectivity index (χ1) is 6.54. The van der Waals surface area contributed by atoms with Crippen molar-refractivity contribution in [1.82, 2.24) is 0 Å². The Hall–Kier alpha value is -0.590. The summed E-state index contributed by atoms with van der Waals surface area (Å²) in [5.41, 5.74) is 1.75. The van der Waals surface area contributed by atoms with Crippen LogP contribution in [0.3, 0.4) is 0 Å². The second kappa shape index (κ2) is 3.22. The van der Waals surface area contributed by atoms with E-state index in [0.717, 1.165) is 31.1 Å². The third-order valence-corrected chi connectivity index (χ3v) is 4.69.